The molecule has 3 N–H and O–H groups in total. The van der Waals surface area contributed by atoms with E-state index in [4.69, 9.17) is 19.9 Å². The second kappa shape index (κ2) is 7.02. The molecule has 1 heterocycles. The molecular formula is C14H22N2O5. The van der Waals surface area contributed by atoms with E-state index in [9.17, 15) is 9.59 Å². The Morgan fingerprint density at radius 2 is 2.19 bits per heavy atom. The van der Waals surface area contributed by atoms with Crippen LogP contribution in [0.15, 0.2) is 11.6 Å². The average molecular weight is 298 g/mol. The number of hydrogen-bond donors (Lipinski definition) is 2. The second-order valence-corrected chi connectivity index (χ2v) is 5.27. The molecule has 0 bridgehead atoms. The van der Waals surface area contributed by atoms with Crippen LogP contribution in [-0.4, -0.2) is 50.1 Å². The predicted molar refractivity (Wildman–Crippen MR) is 74.1 cm³/mol. The molecule has 118 valence electrons. The van der Waals surface area contributed by atoms with E-state index in [2.05, 4.69) is 5.32 Å². The van der Waals surface area contributed by atoms with Crippen LogP contribution in [0.5, 0.6) is 0 Å². The first-order valence-corrected chi connectivity index (χ1v) is 7.12. The van der Waals surface area contributed by atoms with E-state index in [1.54, 1.807) is 6.08 Å². The van der Waals surface area contributed by atoms with Gasteiger partial charge in [-0.1, -0.05) is 6.08 Å². The molecule has 1 unspecified atom stereocenters. The van der Waals surface area contributed by atoms with Gasteiger partial charge in [0.25, 0.3) is 0 Å². The molecule has 21 heavy (non-hydrogen) atoms. The number of amides is 1. The van der Waals surface area contributed by atoms with E-state index in [1.165, 1.54) is 14.0 Å². The summed E-state index contributed by atoms with van der Waals surface area (Å²) in [5, 5.41) is 2.74. The Kier molecular flexibility index (Phi) is 5.33. The molecule has 7 nitrogen and oxygen atoms in total. The number of carbonyl (C=O) groups excluding carboxylic acids is 2. The van der Waals surface area contributed by atoms with Crippen LogP contribution < -0.4 is 11.1 Å². The van der Waals surface area contributed by atoms with Gasteiger partial charge >= 0.3 is 5.97 Å². The van der Waals surface area contributed by atoms with Crippen LogP contribution in [0.2, 0.25) is 0 Å². The molecule has 1 saturated heterocycles. The van der Waals surface area contributed by atoms with E-state index in [0.29, 0.717) is 12.2 Å². The minimum absolute atomic E-state index is 0.229. The normalized spacial score (nSPS) is 32.4. The highest BCUT2D eigenvalue weighted by Gasteiger charge is 2.42. The molecule has 1 aliphatic carbocycles. The summed E-state index contributed by atoms with van der Waals surface area (Å²) in [6.07, 6.45) is 3.30. The summed E-state index contributed by atoms with van der Waals surface area (Å²) < 4.78 is 16.2. The van der Waals surface area contributed by atoms with E-state index in [-0.39, 0.29) is 5.91 Å². The maximum atomic E-state index is 11.9. The molecule has 1 fully saturated rings. The lowest BCUT2D eigenvalue weighted by atomic mass is 10.1. The molecule has 0 spiro atoms. The molecule has 0 aromatic carbocycles. The number of hydrogen-bond acceptors (Lipinski definition) is 6. The van der Waals surface area contributed by atoms with Crippen LogP contribution in [-0.2, 0) is 23.8 Å². The Hall–Kier alpha value is -1.44. The monoisotopic (exact) mass is 298 g/mol. The van der Waals surface area contributed by atoms with Crippen molar-refractivity contribution in [3.8, 4) is 0 Å². The summed E-state index contributed by atoms with van der Waals surface area (Å²) in [6, 6.07) is -1.00. The number of ether oxygens (including phenoxy) is 3. The van der Waals surface area contributed by atoms with E-state index >= 15 is 0 Å². The Labute approximate surface area is 123 Å². The summed E-state index contributed by atoms with van der Waals surface area (Å²) in [5.74, 6) is -0.729. The zero-order chi connectivity index (χ0) is 15.4. The highest BCUT2D eigenvalue weighted by Crippen LogP contribution is 2.27. The molecule has 0 aromatic rings. The third kappa shape index (κ3) is 3.81. The van der Waals surface area contributed by atoms with Crippen molar-refractivity contribution >= 4 is 11.9 Å². The lowest BCUT2D eigenvalue weighted by molar-refractivity contribution is -0.186. The topological polar surface area (TPSA) is 99.9 Å². The minimum atomic E-state index is -0.653. The first-order chi connectivity index (χ1) is 10.0. The zero-order valence-electron chi connectivity index (χ0n) is 12.3. The number of nitrogens with two attached hydrogens (primary N) is 1. The Morgan fingerprint density at radius 1 is 1.43 bits per heavy atom. The van der Waals surface area contributed by atoms with Gasteiger partial charge in [-0.3, -0.25) is 4.79 Å². The molecule has 4 atom stereocenters. The number of carbonyl (C=O) groups is 2. The molecular weight excluding hydrogens is 276 g/mol. The third-order valence-electron chi connectivity index (χ3n) is 3.65. The molecule has 1 amide bonds. The highest BCUT2D eigenvalue weighted by atomic mass is 16.7. The van der Waals surface area contributed by atoms with E-state index in [1.807, 2.05) is 0 Å². The van der Waals surface area contributed by atoms with Gasteiger partial charge in [-0.15, -0.1) is 0 Å². The van der Waals surface area contributed by atoms with Gasteiger partial charge in [0.15, 0.2) is 6.29 Å². The molecule has 2 aliphatic rings. The molecule has 0 aromatic heterocycles. The van der Waals surface area contributed by atoms with Gasteiger partial charge in [0.2, 0.25) is 5.91 Å². The van der Waals surface area contributed by atoms with Crippen molar-refractivity contribution in [1.82, 2.24) is 5.32 Å². The van der Waals surface area contributed by atoms with Crippen LogP contribution >= 0.6 is 0 Å². The Balaban J connectivity index is 2.13. The summed E-state index contributed by atoms with van der Waals surface area (Å²) in [4.78, 5) is 23.2. The Morgan fingerprint density at radius 3 is 2.76 bits per heavy atom. The fourth-order valence-electron chi connectivity index (χ4n) is 2.65. The standard InChI is InChI=1S/C14H22N2O5/c1-8(17)16-12-10(15)7-9(14(18)19-2)13(12)21-11-5-3-4-6-20-11/h7,10-13H,3-6,15H2,1-2H3,(H,16,17)/t10-,11?,12+,13+/m0/s1. The van der Waals surface area contributed by atoms with Crippen molar-refractivity contribution < 1.29 is 23.8 Å². The zero-order valence-corrected chi connectivity index (χ0v) is 12.3. The number of methoxy groups -OCH3 is 1. The number of rotatable bonds is 4. The van der Waals surface area contributed by atoms with Crippen molar-refractivity contribution in [1.29, 1.82) is 0 Å². The van der Waals surface area contributed by atoms with Crippen LogP contribution in [0.1, 0.15) is 26.2 Å². The second-order valence-electron chi connectivity index (χ2n) is 5.27. The minimum Gasteiger partial charge on any atom is -0.466 e. The van der Waals surface area contributed by atoms with Crippen molar-refractivity contribution in [2.24, 2.45) is 5.73 Å². The lowest BCUT2D eigenvalue weighted by Gasteiger charge is -2.31. The fraction of sp³-hybridized carbons (Fsp3) is 0.714. The summed E-state index contributed by atoms with van der Waals surface area (Å²) >= 11 is 0. The van der Waals surface area contributed by atoms with Gasteiger partial charge in [-0.05, 0) is 19.3 Å². The molecule has 0 saturated carbocycles. The van der Waals surface area contributed by atoms with Crippen LogP contribution in [0.3, 0.4) is 0 Å². The van der Waals surface area contributed by atoms with Gasteiger partial charge < -0.3 is 25.3 Å². The number of esters is 1. The molecule has 0 radical (unpaired) electrons. The number of nitrogens with one attached hydrogen (secondary N) is 1. The van der Waals surface area contributed by atoms with Gasteiger partial charge in [0.05, 0.1) is 18.7 Å². The SMILES string of the molecule is COC(=O)C1=C[C@H](N)[C@@H](NC(C)=O)[C@@H]1OC1CCCCO1. The van der Waals surface area contributed by atoms with Crippen LogP contribution in [0.4, 0.5) is 0 Å². The van der Waals surface area contributed by atoms with Crippen molar-refractivity contribution in [2.75, 3.05) is 13.7 Å². The van der Waals surface area contributed by atoms with E-state index < -0.39 is 30.4 Å². The third-order valence-corrected chi connectivity index (χ3v) is 3.65. The molecule has 2 rings (SSSR count). The van der Waals surface area contributed by atoms with Gasteiger partial charge in [-0.2, -0.15) is 0 Å². The largest absolute Gasteiger partial charge is 0.466 e. The fourth-order valence-corrected chi connectivity index (χ4v) is 2.65. The van der Waals surface area contributed by atoms with Crippen molar-refractivity contribution in [2.45, 2.75) is 50.7 Å². The first kappa shape index (κ1) is 15.9. The first-order valence-electron chi connectivity index (χ1n) is 7.12. The maximum Gasteiger partial charge on any atom is 0.336 e. The summed E-state index contributed by atoms with van der Waals surface area (Å²) in [5.41, 5.74) is 6.32. The molecule has 1 aliphatic heterocycles. The van der Waals surface area contributed by atoms with E-state index in [0.717, 1.165) is 19.3 Å². The van der Waals surface area contributed by atoms with Gasteiger partial charge in [-0.25, -0.2) is 4.79 Å². The van der Waals surface area contributed by atoms with Crippen molar-refractivity contribution in [3.05, 3.63) is 11.6 Å². The van der Waals surface area contributed by atoms with Gasteiger partial charge in [0, 0.05) is 19.6 Å². The summed E-state index contributed by atoms with van der Waals surface area (Å²) in [7, 11) is 1.30. The van der Waals surface area contributed by atoms with Crippen LogP contribution in [0, 0.1) is 0 Å². The Bertz CT molecular complexity index is 431. The average Bonchev–Trinajstić information content (AvgIpc) is 2.76. The van der Waals surface area contributed by atoms with Gasteiger partial charge in [0.1, 0.15) is 6.10 Å². The molecule has 7 heteroatoms. The smallest absolute Gasteiger partial charge is 0.336 e. The maximum absolute atomic E-state index is 11.9. The lowest BCUT2D eigenvalue weighted by Crippen LogP contribution is -2.52. The quantitative estimate of drug-likeness (QED) is 0.700. The highest BCUT2D eigenvalue weighted by molar-refractivity contribution is 5.91. The van der Waals surface area contributed by atoms with Crippen molar-refractivity contribution in [3.63, 3.8) is 0 Å². The summed E-state index contributed by atoms with van der Waals surface area (Å²) in [6.45, 7) is 2.03. The predicted octanol–water partition coefficient (Wildman–Crippen LogP) is -0.157. The van der Waals surface area contributed by atoms with Crippen LogP contribution in [0.25, 0.3) is 0 Å².